The lowest BCUT2D eigenvalue weighted by atomic mass is 9.91. The molecular weight excluding hydrogens is 298 g/mol. The third kappa shape index (κ3) is 2.89. The molecule has 2 rings (SSSR count). The molecule has 0 aliphatic carbocycles. The van der Waals surface area contributed by atoms with E-state index in [0.717, 1.165) is 0 Å². The quantitative estimate of drug-likeness (QED) is 0.649. The Morgan fingerprint density at radius 2 is 1.77 bits per heavy atom. The number of amides is 4. The standard InChI is InChI=1S/C15H21N3O3Si/c1-15(11-7-5-10(6-8-11)12(16)19)13(20)18(14(21)17-15)9-22(2,3)4/h5-8H,9H2,1-4H3,(H2,16,19)(H,17,21). The fraction of sp³-hybridized carbons (Fsp3) is 0.400. The van der Waals surface area contributed by atoms with E-state index in [0.29, 0.717) is 17.3 Å². The molecule has 22 heavy (non-hydrogen) atoms. The van der Waals surface area contributed by atoms with Crippen LogP contribution in [-0.2, 0) is 10.3 Å². The monoisotopic (exact) mass is 319 g/mol. The van der Waals surface area contributed by atoms with Gasteiger partial charge in [0, 0.05) is 11.7 Å². The van der Waals surface area contributed by atoms with Gasteiger partial charge in [0.25, 0.3) is 5.91 Å². The van der Waals surface area contributed by atoms with Gasteiger partial charge in [-0.2, -0.15) is 0 Å². The van der Waals surface area contributed by atoms with Gasteiger partial charge in [-0.3, -0.25) is 14.5 Å². The Kier molecular flexibility index (Phi) is 3.86. The van der Waals surface area contributed by atoms with Crippen LogP contribution in [0.3, 0.4) is 0 Å². The number of imide groups is 1. The van der Waals surface area contributed by atoms with Crippen LogP contribution in [0, 0.1) is 0 Å². The number of nitrogens with one attached hydrogen (secondary N) is 1. The molecule has 0 aromatic heterocycles. The molecule has 0 spiro atoms. The molecule has 1 aromatic rings. The van der Waals surface area contributed by atoms with Crippen LogP contribution in [-0.4, -0.2) is 37.0 Å². The van der Waals surface area contributed by atoms with E-state index in [9.17, 15) is 14.4 Å². The second kappa shape index (κ2) is 5.24. The molecule has 7 heteroatoms. The Morgan fingerprint density at radius 3 is 2.23 bits per heavy atom. The molecule has 1 aromatic carbocycles. The average molecular weight is 319 g/mol. The van der Waals surface area contributed by atoms with Crippen molar-refractivity contribution >= 4 is 25.9 Å². The van der Waals surface area contributed by atoms with Gasteiger partial charge in [0.2, 0.25) is 5.91 Å². The van der Waals surface area contributed by atoms with Crippen molar-refractivity contribution in [2.45, 2.75) is 32.1 Å². The number of nitrogens with zero attached hydrogens (tertiary/aromatic N) is 1. The van der Waals surface area contributed by atoms with E-state index in [4.69, 9.17) is 5.73 Å². The van der Waals surface area contributed by atoms with E-state index in [1.54, 1.807) is 31.2 Å². The van der Waals surface area contributed by atoms with Crippen molar-refractivity contribution in [1.82, 2.24) is 10.2 Å². The number of hydrogen-bond donors (Lipinski definition) is 2. The van der Waals surface area contributed by atoms with Gasteiger partial charge in [-0.15, -0.1) is 0 Å². The van der Waals surface area contributed by atoms with E-state index in [1.807, 2.05) is 0 Å². The number of carbonyl (C=O) groups excluding carboxylic acids is 3. The third-order valence-electron chi connectivity index (χ3n) is 3.65. The van der Waals surface area contributed by atoms with Gasteiger partial charge in [0.15, 0.2) is 0 Å². The van der Waals surface area contributed by atoms with Crippen LogP contribution in [0.25, 0.3) is 0 Å². The highest BCUT2D eigenvalue weighted by molar-refractivity contribution is 6.76. The molecule has 0 bridgehead atoms. The first kappa shape index (κ1) is 16.2. The number of carbonyl (C=O) groups is 3. The highest BCUT2D eigenvalue weighted by atomic mass is 28.3. The van der Waals surface area contributed by atoms with Crippen LogP contribution in [0.15, 0.2) is 24.3 Å². The Balaban J connectivity index is 2.32. The van der Waals surface area contributed by atoms with Crippen LogP contribution in [0.2, 0.25) is 19.6 Å². The van der Waals surface area contributed by atoms with Crippen molar-refractivity contribution in [2.24, 2.45) is 5.73 Å². The van der Waals surface area contributed by atoms with Crippen LogP contribution in [0.5, 0.6) is 0 Å². The number of primary amides is 1. The zero-order valence-corrected chi connectivity index (χ0v) is 14.3. The summed E-state index contributed by atoms with van der Waals surface area (Å²) in [5.41, 5.74) is 5.10. The molecule has 3 N–H and O–H groups in total. The molecular formula is C15H21N3O3Si. The maximum absolute atomic E-state index is 12.7. The summed E-state index contributed by atoms with van der Waals surface area (Å²) in [4.78, 5) is 37.3. The molecule has 6 nitrogen and oxygen atoms in total. The minimum absolute atomic E-state index is 0.258. The van der Waals surface area contributed by atoms with Gasteiger partial charge in [-0.05, 0) is 24.6 Å². The first-order chi connectivity index (χ1) is 10.0. The molecule has 1 fully saturated rings. The van der Waals surface area contributed by atoms with Gasteiger partial charge >= 0.3 is 6.03 Å². The SMILES string of the molecule is CC1(c2ccc(C(N)=O)cc2)NC(=O)N(C[Si](C)(C)C)C1=O. The maximum atomic E-state index is 12.7. The van der Waals surface area contributed by atoms with E-state index >= 15 is 0 Å². The number of hydrogen-bond acceptors (Lipinski definition) is 3. The molecule has 1 atom stereocenters. The van der Waals surface area contributed by atoms with E-state index < -0.39 is 19.5 Å². The van der Waals surface area contributed by atoms with Gasteiger partial charge in [-0.1, -0.05) is 31.8 Å². The molecule has 1 heterocycles. The Bertz CT molecular complexity index is 636. The number of benzene rings is 1. The Labute approximate surface area is 130 Å². The summed E-state index contributed by atoms with van der Waals surface area (Å²) < 4.78 is 0. The van der Waals surface area contributed by atoms with Crippen LogP contribution in [0.1, 0.15) is 22.8 Å². The van der Waals surface area contributed by atoms with E-state index in [2.05, 4.69) is 25.0 Å². The zero-order chi connectivity index (χ0) is 16.7. The van der Waals surface area contributed by atoms with Crippen molar-refractivity contribution in [3.05, 3.63) is 35.4 Å². The van der Waals surface area contributed by atoms with Gasteiger partial charge in [0.1, 0.15) is 5.54 Å². The fourth-order valence-corrected chi connectivity index (χ4v) is 3.71. The first-order valence-electron chi connectivity index (χ1n) is 7.09. The van der Waals surface area contributed by atoms with Gasteiger partial charge < -0.3 is 11.1 Å². The summed E-state index contributed by atoms with van der Waals surface area (Å²) in [6, 6.07) is 6.05. The topological polar surface area (TPSA) is 92.5 Å². The smallest absolute Gasteiger partial charge is 0.325 e. The number of urea groups is 1. The number of rotatable bonds is 4. The minimum Gasteiger partial charge on any atom is -0.366 e. The van der Waals surface area contributed by atoms with Crippen molar-refractivity contribution in [3.8, 4) is 0 Å². The molecule has 1 aliphatic heterocycles. The van der Waals surface area contributed by atoms with Gasteiger partial charge in [0.05, 0.1) is 8.07 Å². The minimum atomic E-state index is -1.61. The van der Waals surface area contributed by atoms with Crippen molar-refractivity contribution in [2.75, 3.05) is 6.17 Å². The predicted molar refractivity (Wildman–Crippen MR) is 85.9 cm³/mol. The molecule has 1 aliphatic rings. The third-order valence-corrected chi connectivity index (χ3v) is 4.92. The van der Waals surface area contributed by atoms with Gasteiger partial charge in [-0.25, -0.2) is 4.79 Å². The Hall–Kier alpha value is -2.15. The largest absolute Gasteiger partial charge is 0.366 e. The van der Waals surface area contributed by atoms with Crippen LogP contribution in [0.4, 0.5) is 4.79 Å². The first-order valence-corrected chi connectivity index (χ1v) is 10.8. The number of nitrogens with two attached hydrogens (primary N) is 1. The molecule has 1 saturated heterocycles. The zero-order valence-electron chi connectivity index (χ0n) is 13.3. The van der Waals surface area contributed by atoms with E-state index in [-0.39, 0.29) is 11.9 Å². The molecule has 1 unspecified atom stereocenters. The average Bonchev–Trinajstić information content (AvgIpc) is 2.62. The second-order valence-corrected chi connectivity index (χ2v) is 12.4. The highest BCUT2D eigenvalue weighted by Gasteiger charge is 2.49. The fourth-order valence-electron chi connectivity index (χ4n) is 2.48. The summed E-state index contributed by atoms with van der Waals surface area (Å²) >= 11 is 0. The predicted octanol–water partition coefficient (Wildman–Crippen LogP) is 1.43. The van der Waals surface area contributed by atoms with Crippen molar-refractivity contribution in [3.63, 3.8) is 0 Å². The second-order valence-electron chi connectivity index (χ2n) is 6.95. The van der Waals surface area contributed by atoms with E-state index in [1.165, 1.54) is 4.90 Å². The summed E-state index contributed by atoms with van der Waals surface area (Å²) in [6.45, 7) is 7.98. The highest BCUT2D eigenvalue weighted by Crippen LogP contribution is 2.29. The molecule has 118 valence electrons. The summed E-state index contributed by atoms with van der Waals surface area (Å²) in [6.07, 6.45) is 0.479. The summed E-state index contributed by atoms with van der Waals surface area (Å²) in [5, 5.41) is 2.76. The maximum Gasteiger partial charge on any atom is 0.325 e. The lowest BCUT2D eigenvalue weighted by molar-refractivity contribution is -0.130. The summed E-state index contributed by atoms with van der Waals surface area (Å²) in [5.74, 6) is -0.786. The van der Waals surface area contributed by atoms with Crippen LogP contribution >= 0.6 is 0 Å². The lowest BCUT2D eigenvalue weighted by Crippen LogP contribution is -2.45. The Morgan fingerprint density at radius 1 is 1.23 bits per heavy atom. The molecule has 0 saturated carbocycles. The van der Waals surface area contributed by atoms with Crippen LogP contribution < -0.4 is 11.1 Å². The molecule has 4 amide bonds. The molecule has 0 radical (unpaired) electrons. The van der Waals surface area contributed by atoms with Crippen molar-refractivity contribution < 1.29 is 14.4 Å². The van der Waals surface area contributed by atoms with Crippen molar-refractivity contribution in [1.29, 1.82) is 0 Å². The lowest BCUT2D eigenvalue weighted by Gasteiger charge is -2.25. The summed E-state index contributed by atoms with van der Waals surface area (Å²) in [7, 11) is -1.61. The normalized spacial score (nSPS) is 21.9.